The van der Waals surface area contributed by atoms with Gasteiger partial charge >= 0.3 is 12.2 Å². The van der Waals surface area contributed by atoms with Crippen LogP contribution in [-0.4, -0.2) is 64.6 Å². The number of hydrogen-bond acceptors (Lipinski definition) is 5. The average molecular weight is 645 g/mol. The number of aromatic nitrogens is 1. The molecule has 8 heteroatoms. The highest BCUT2D eigenvalue weighted by Gasteiger charge is 2.30. The van der Waals surface area contributed by atoms with Crippen LogP contribution in [0.2, 0.25) is 0 Å². The maximum absolute atomic E-state index is 12.7. The molecule has 256 valence electrons. The Morgan fingerprint density at radius 3 is 2.17 bits per heavy atom. The summed E-state index contributed by atoms with van der Waals surface area (Å²) in [5, 5.41) is 8.24. The van der Waals surface area contributed by atoms with Gasteiger partial charge in [-0.2, -0.15) is 0 Å². The molecule has 0 spiro atoms. The molecular formula is C39H56N4O4. The number of ether oxygens (including phenoxy) is 2. The van der Waals surface area contributed by atoms with Gasteiger partial charge in [-0.3, -0.25) is 0 Å². The van der Waals surface area contributed by atoms with Gasteiger partial charge in [0.05, 0.1) is 0 Å². The maximum atomic E-state index is 12.7. The zero-order chi connectivity index (χ0) is 33.8. The van der Waals surface area contributed by atoms with Gasteiger partial charge in [0, 0.05) is 54.2 Å². The summed E-state index contributed by atoms with van der Waals surface area (Å²) in [5.41, 5.74) is 4.28. The smallest absolute Gasteiger partial charge is 0.410 e. The fraction of sp³-hybridized carbons (Fsp3) is 0.590. The molecule has 0 radical (unpaired) electrons. The van der Waals surface area contributed by atoms with Gasteiger partial charge in [0.15, 0.2) is 0 Å². The molecule has 1 saturated carbocycles. The summed E-state index contributed by atoms with van der Waals surface area (Å²) in [6.45, 7) is 15.9. The number of nitrogens with one attached hydrogen (secondary N) is 2. The van der Waals surface area contributed by atoms with Gasteiger partial charge in [-0.15, -0.1) is 0 Å². The van der Waals surface area contributed by atoms with E-state index in [9.17, 15) is 9.59 Å². The normalized spacial score (nSPS) is 20.2. The molecular weight excluding hydrogens is 588 g/mol. The molecule has 1 unspecified atom stereocenters. The number of carbonyl (C=O) groups is 2. The molecule has 2 fully saturated rings. The summed E-state index contributed by atoms with van der Waals surface area (Å²) < 4.78 is 13.6. The summed E-state index contributed by atoms with van der Waals surface area (Å²) in [5.74, 6) is 0.251. The Labute approximate surface area is 281 Å². The van der Waals surface area contributed by atoms with Crippen LogP contribution in [0.25, 0.3) is 10.9 Å². The number of amides is 2. The number of fused-ring (bicyclic) bond motifs is 1. The van der Waals surface area contributed by atoms with E-state index in [4.69, 9.17) is 9.47 Å². The monoisotopic (exact) mass is 644 g/mol. The van der Waals surface area contributed by atoms with Crippen LogP contribution >= 0.6 is 0 Å². The fourth-order valence-corrected chi connectivity index (χ4v) is 7.20. The molecule has 2 aromatic carbocycles. The average Bonchev–Trinajstić information content (AvgIpc) is 3.38. The van der Waals surface area contributed by atoms with Gasteiger partial charge in [0.1, 0.15) is 11.2 Å². The lowest BCUT2D eigenvalue weighted by molar-refractivity contribution is 0.0189. The lowest BCUT2D eigenvalue weighted by Gasteiger charge is -2.34. The number of nitrogens with zero attached hydrogens (tertiary/aromatic N) is 2. The molecule has 5 rings (SSSR count). The molecule has 2 aliphatic rings. The minimum Gasteiger partial charge on any atom is -0.444 e. The number of aryl methyl sites for hydroxylation is 1. The number of rotatable bonds is 8. The van der Waals surface area contributed by atoms with Gasteiger partial charge in [0.25, 0.3) is 0 Å². The van der Waals surface area contributed by atoms with Crippen LogP contribution in [0.15, 0.2) is 54.7 Å². The number of hydrogen-bond donors (Lipinski definition) is 2. The quantitative estimate of drug-likeness (QED) is 0.257. The molecule has 1 aliphatic carbocycles. The molecule has 2 amide bonds. The number of benzene rings is 2. The Balaban J connectivity index is 1.27. The Kier molecular flexibility index (Phi) is 10.9. The van der Waals surface area contributed by atoms with E-state index < -0.39 is 11.2 Å². The van der Waals surface area contributed by atoms with Crippen LogP contribution < -0.4 is 10.6 Å². The van der Waals surface area contributed by atoms with Crippen molar-refractivity contribution in [3.63, 3.8) is 0 Å². The topological polar surface area (TPSA) is 84.8 Å². The van der Waals surface area contributed by atoms with E-state index in [0.29, 0.717) is 25.2 Å². The van der Waals surface area contributed by atoms with Crippen molar-refractivity contribution in [2.75, 3.05) is 19.6 Å². The van der Waals surface area contributed by atoms with E-state index in [2.05, 4.69) is 76.9 Å². The summed E-state index contributed by atoms with van der Waals surface area (Å²) in [6, 6.07) is 18.7. The van der Waals surface area contributed by atoms with E-state index in [0.717, 1.165) is 51.5 Å². The van der Waals surface area contributed by atoms with Crippen molar-refractivity contribution in [1.29, 1.82) is 0 Å². The van der Waals surface area contributed by atoms with E-state index in [1.54, 1.807) is 0 Å². The molecule has 1 saturated heterocycles. The molecule has 0 bridgehead atoms. The second kappa shape index (κ2) is 14.7. The SMILES string of the molecule is Cc1cccc(C(CCNC2CCC(NC(=O)OC(C)(C)C)CC2)c2cn(C3CCN(C(=O)OC(C)(C)C)CC3)c3ccccc23)c1. The Bertz CT molecular complexity index is 1500. The Hall–Kier alpha value is -3.52. The first kappa shape index (κ1) is 34.8. The van der Waals surface area contributed by atoms with Gasteiger partial charge < -0.3 is 29.6 Å². The van der Waals surface area contributed by atoms with Crippen LogP contribution in [0.4, 0.5) is 9.59 Å². The molecule has 1 atom stereocenters. The third kappa shape index (κ3) is 9.53. The third-order valence-corrected chi connectivity index (χ3v) is 9.41. The maximum Gasteiger partial charge on any atom is 0.410 e. The molecule has 1 aliphatic heterocycles. The highest BCUT2D eigenvalue weighted by molar-refractivity contribution is 5.85. The Morgan fingerprint density at radius 2 is 1.51 bits per heavy atom. The molecule has 47 heavy (non-hydrogen) atoms. The highest BCUT2D eigenvalue weighted by atomic mass is 16.6. The summed E-state index contributed by atoms with van der Waals surface area (Å²) in [4.78, 5) is 26.9. The molecule has 2 N–H and O–H groups in total. The van der Waals surface area contributed by atoms with Gasteiger partial charge in [-0.25, -0.2) is 9.59 Å². The van der Waals surface area contributed by atoms with Crippen LogP contribution in [0.3, 0.4) is 0 Å². The van der Waals surface area contributed by atoms with Crippen LogP contribution in [-0.2, 0) is 9.47 Å². The van der Waals surface area contributed by atoms with Crippen LogP contribution in [0, 0.1) is 6.92 Å². The molecule has 8 nitrogen and oxygen atoms in total. The summed E-state index contributed by atoms with van der Waals surface area (Å²) >= 11 is 0. The number of likely N-dealkylation sites (tertiary alicyclic amines) is 1. The van der Waals surface area contributed by atoms with Crippen molar-refractivity contribution in [2.24, 2.45) is 0 Å². The summed E-state index contributed by atoms with van der Waals surface area (Å²) in [7, 11) is 0. The second-order valence-corrected chi connectivity index (χ2v) is 15.6. The number of alkyl carbamates (subject to hydrolysis) is 1. The lowest BCUT2D eigenvalue weighted by atomic mass is 9.87. The van der Waals surface area contributed by atoms with Gasteiger partial charge in [-0.05, 0) is 117 Å². The van der Waals surface area contributed by atoms with Crippen molar-refractivity contribution < 1.29 is 19.1 Å². The number of para-hydroxylation sites is 1. The predicted molar refractivity (Wildman–Crippen MR) is 189 cm³/mol. The molecule has 3 aromatic rings. The minimum atomic E-state index is -0.489. The van der Waals surface area contributed by atoms with E-state index in [-0.39, 0.29) is 24.1 Å². The van der Waals surface area contributed by atoms with Crippen molar-refractivity contribution in [2.45, 2.75) is 129 Å². The largest absolute Gasteiger partial charge is 0.444 e. The van der Waals surface area contributed by atoms with Gasteiger partial charge in [0.2, 0.25) is 0 Å². The first-order chi connectivity index (χ1) is 22.3. The fourth-order valence-electron chi connectivity index (χ4n) is 7.20. The van der Waals surface area contributed by atoms with E-state index >= 15 is 0 Å². The highest BCUT2D eigenvalue weighted by Crippen LogP contribution is 2.38. The summed E-state index contributed by atoms with van der Waals surface area (Å²) in [6.07, 6.45) is 8.66. The standard InChI is InChI=1S/C39H56N4O4/c1-27-11-10-12-28(25-27)32(19-22-40-29-15-17-30(18-16-29)41-36(44)46-38(2,3)4)34-26-43(35-14-9-8-13-33(34)35)31-20-23-42(24-21-31)37(45)47-39(5,6)7/h8-14,25-26,29-32,40H,15-24H2,1-7H3,(H,41,44). The van der Waals surface area contributed by atoms with Crippen LogP contribution in [0.1, 0.15) is 115 Å². The van der Waals surface area contributed by atoms with Crippen molar-refractivity contribution in [3.05, 3.63) is 71.4 Å². The second-order valence-electron chi connectivity index (χ2n) is 15.6. The molecule has 2 heterocycles. The van der Waals surface area contributed by atoms with E-state index in [1.807, 2.05) is 46.4 Å². The van der Waals surface area contributed by atoms with Crippen LogP contribution in [0.5, 0.6) is 0 Å². The third-order valence-electron chi connectivity index (χ3n) is 9.41. The number of carbonyl (C=O) groups excluding carboxylic acids is 2. The lowest BCUT2D eigenvalue weighted by Crippen LogP contribution is -2.44. The first-order valence-corrected chi connectivity index (χ1v) is 17.6. The zero-order valence-electron chi connectivity index (χ0n) is 29.6. The first-order valence-electron chi connectivity index (χ1n) is 17.6. The van der Waals surface area contributed by atoms with Crippen molar-refractivity contribution in [3.8, 4) is 0 Å². The van der Waals surface area contributed by atoms with E-state index in [1.165, 1.54) is 27.6 Å². The van der Waals surface area contributed by atoms with Gasteiger partial charge in [-0.1, -0.05) is 48.0 Å². The van der Waals surface area contributed by atoms with Crippen molar-refractivity contribution >= 4 is 23.1 Å². The zero-order valence-corrected chi connectivity index (χ0v) is 29.6. The predicted octanol–water partition coefficient (Wildman–Crippen LogP) is 8.47. The Morgan fingerprint density at radius 1 is 0.851 bits per heavy atom. The number of piperidine rings is 1. The molecule has 1 aromatic heterocycles. The minimum absolute atomic E-state index is 0.171. The van der Waals surface area contributed by atoms with Crippen molar-refractivity contribution in [1.82, 2.24) is 20.1 Å².